The zero-order valence-electron chi connectivity index (χ0n) is 23.8. The van der Waals surface area contributed by atoms with Crippen molar-refractivity contribution in [3.8, 4) is 22.3 Å². The minimum absolute atomic E-state index is 0.135. The summed E-state index contributed by atoms with van der Waals surface area (Å²) in [4.78, 5) is 31.9. The zero-order valence-corrected chi connectivity index (χ0v) is 23.8. The lowest BCUT2D eigenvalue weighted by atomic mass is 9.95. The molecule has 4 aromatic rings. The van der Waals surface area contributed by atoms with E-state index in [0.29, 0.717) is 12.0 Å². The van der Waals surface area contributed by atoms with Crippen LogP contribution in [0.1, 0.15) is 59.6 Å². The largest absolute Gasteiger partial charge is 0.358 e. The molecule has 0 atom stereocenters. The predicted molar refractivity (Wildman–Crippen MR) is 165 cm³/mol. The minimum Gasteiger partial charge on any atom is -0.358 e. The number of carbonyl (C=O) groups is 2. The molecular formula is C35H37N3O2. The molecule has 5 rings (SSSR count). The fourth-order valence-corrected chi connectivity index (χ4v) is 5.63. The van der Waals surface area contributed by atoms with Crippen LogP contribution < -0.4 is 5.32 Å². The third-order valence-electron chi connectivity index (χ3n) is 7.92. The lowest BCUT2D eigenvalue weighted by molar-refractivity contribution is -0.110. The van der Waals surface area contributed by atoms with Gasteiger partial charge in [0.1, 0.15) is 0 Å². The topological polar surface area (TPSA) is 65.2 Å². The van der Waals surface area contributed by atoms with Crippen LogP contribution in [0.3, 0.4) is 0 Å². The molecule has 5 nitrogen and oxygen atoms in total. The number of hydrogen-bond acceptors (Lipinski definition) is 3. The smallest absolute Gasteiger partial charge is 0.256 e. The maximum absolute atomic E-state index is 13.2. The third-order valence-corrected chi connectivity index (χ3v) is 7.92. The Morgan fingerprint density at radius 1 is 0.850 bits per heavy atom. The van der Waals surface area contributed by atoms with Crippen LogP contribution >= 0.6 is 0 Å². The molecule has 1 aliphatic rings. The number of carbonyl (C=O) groups excluding carboxylic acids is 2. The minimum atomic E-state index is -0.135. The van der Waals surface area contributed by atoms with E-state index in [1.807, 2.05) is 50.3 Å². The molecule has 0 radical (unpaired) electrons. The third kappa shape index (κ3) is 5.56. The second kappa shape index (κ2) is 11.9. The Hall–Kier alpha value is -4.22. The summed E-state index contributed by atoms with van der Waals surface area (Å²) in [5.41, 5.74) is 10.0. The van der Waals surface area contributed by atoms with Crippen LogP contribution in [0.4, 0.5) is 5.69 Å². The molecule has 1 aromatic heterocycles. The molecule has 0 saturated heterocycles. The van der Waals surface area contributed by atoms with Crippen LogP contribution in [0.2, 0.25) is 0 Å². The lowest BCUT2D eigenvalue weighted by Gasteiger charge is -2.17. The first-order valence-corrected chi connectivity index (χ1v) is 14.2. The Kier molecular flexibility index (Phi) is 8.13. The van der Waals surface area contributed by atoms with Gasteiger partial charge in [-0.15, -0.1) is 0 Å². The number of benzene rings is 3. The highest BCUT2D eigenvalue weighted by atomic mass is 16.2. The SMILES string of the molecule is CCN(CC)CCCC(=O)c1c(C)[nH]c(/C=C2\C(=O)Nc3ccc(-c4cccc(-c5ccccc5)c4)cc32)c1C. The van der Waals surface area contributed by atoms with Gasteiger partial charge in [-0.2, -0.15) is 0 Å². The number of aryl methyl sites for hydroxylation is 1. The molecule has 1 amide bonds. The molecule has 204 valence electrons. The van der Waals surface area contributed by atoms with Crippen LogP contribution in [0.15, 0.2) is 72.8 Å². The number of aromatic nitrogens is 1. The van der Waals surface area contributed by atoms with Gasteiger partial charge in [0.05, 0.1) is 5.57 Å². The van der Waals surface area contributed by atoms with Gasteiger partial charge < -0.3 is 15.2 Å². The van der Waals surface area contributed by atoms with Crippen molar-refractivity contribution in [3.05, 3.63) is 101 Å². The Balaban J connectivity index is 1.43. The van der Waals surface area contributed by atoms with E-state index >= 15 is 0 Å². The average Bonchev–Trinajstić information content (AvgIpc) is 3.44. The number of Topliss-reactive ketones (excluding diaryl/α,β-unsaturated/α-hetero) is 1. The zero-order chi connectivity index (χ0) is 28.2. The quantitative estimate of drug-likeness (QED) is 0.162. The number of nitrogens with zero attached hydrogens (tertiary/aromatic N) is 1. The van der Waals surface area contributed by atoms with Crippen molar-refractivity contribution < 1.29 is 9.59 Å². The fraction of sp³-hybridized carbons (Fsp3) is 0.257. The van der Waals surface area contributed by atoms with Crippen LogP contribution in [0.25, 0.3) is 33.9 Å². The fourth-order valence-electron chi connectivity index (χ4n) is 5.63. The van der Waals surface area contributed by atoms with Crippen molar-refractivity contribution >= 4 is 29.0 Å². The van der Waals surface area contributed by atoms with E-state index in [1.54, 1.807) is 0 Å². The van der Waals surface area contributed by atoms with E-state index in [9.17, 15) is 9.59 Å². The number of ketones is 1. The first kappa shape index (κ1) is 27.4. The van der Waals surface area contributed by atoms with Crippen LogP contribution in [0, 0.1) is 13.8 Å². The second-order valence-corrected chi connectivity index (χ2v) is 10.4. The number of hydrogen-bond donors (Lipinski definition) is 2. The average molecular weight is 532 g/mol. The maximum atomic E-state index is 13.2. The van der Waals surface area contributed by atoms with E-state index in [2.05, 4.69) is 71.5 Å². The van der Waals surface area contributed by atoms with Gasteiger partial charge in [0.2, 0.25) is 0 Å². The molecular weight excluding hydrogens is 494 g/mol. The Morgan fingerprint density at radius 3 is 2.25 bits per heavy atom. The van der Waals surface area contributed by atoms with Gasteiger partial charge in [0.15, 0.2) is 5.78 Å². The normalized spacial score (nSPS) is 13.6. The predicted octanol–water partition coefficient (Wildman–Crippen LogP) is 7.76. The van der Waals surface area contributed by atoms with Crippen molar-refractivity contribution in [3.63, 3.8) is 0 Å². The molecule has 3 aromatic carbocycles. The summed E-state index contributed by atoms with van der Waals surface area (Å²) < 4.78 is 0. The number of amides is 1. The summed E-state index contributed by atoms with van der Waals surface area (Å²) in [6.07, 6.45) is 3.24. The summed E-state index contributed by atoms with van der Waals surface area (Å²) in [7, 11) is 0. The Morgan fingerprint density at radius 2 is 1.52 bits per heavy atom. The van der Waals surface area contributed by atoms with Crippen LogP contribution in [-0.2, 0) is 4.79 Å². The second-order valence-electron chi connectivity index (χ2n) is 10.4. The number of nitrogens with one attached hydrogen (secondary N) is 2. The van der Waals surface area contributed by atoms with E-state index < -0.39 is 0 Å². The molecule has 0 bridgehead atoms. The van der Waals surface area contributed by atoms with Gasteiger partial charge in [-0.3, -0.25) is 9.59 Å². The summed E-state index contributed by atoms with van der Waals surface area (Å²) in [6, 6.07) is 24.9. The van der Waals surface area contributed by atoms with Gasteiger partial charge in [0, 0.05) is 34.6 Å². The number of rotatable bonds is 10. The van der Waals surface area contributed by atoms with Crippen molar-refractivity contribution in [2.45, 2.75) is 40.5 Å². The van der Waals surface area contributed by atoms with Crippen molar-refractivity contribution in [1.29, 1.82) is 0 Å². The molecule has 2 heterocycles. The van der Waals surface area contributed by atoms with Crippen molar-refractivity contribution in [2.24, 2.45) is 0 Å². The van der Waals surface area contributed by atoms with Gasteiger partial charge >= 0.3 is 0 Å². The van der Waals surface area contributed by atoms with E-state index in [1.165, 1.54) is 5.56 Å². The van der Waals surface area contributed by atoms with E-state index in [4.69, 9.17) is 0 Å². The molecule has 0 saturated carbocycles. The number of H-pyrrole nitrogens is 1. The molecule has 0 aliphatic carbocycles. The molecule has 40 heavy (non-hydrogen) atoms. The van der Waals surface area contributed by atoms with Gasteiger partial charge in [0.25, 0.3) is 5.91 Å². The first-order valence-electron chi connectivity index (χ1n) is 14.2. The highest BCUT2D eigenvalue weighted by Crippen LogP contribution is 2.37. The molecule has 0 unspecified atom stereocenters. The van der Waals surface area contributed by atoms with Gasteiger partial charge in [-0.1, -0.05) is 68.4 Å². The summed E-state index contributed by atoms with van der Waals surface area (Å²) in [6.45, 7) is 11.1. The Bertz CT molecular complexity index is 1580. The van der Waals surface area contributed by atoms with E-state index in [-0.39, 0.29) is 11.7 Å². The van der Waals surface area contributed by atoms with Crippen molar-refractivity contribution in [2.75, 3.05) is 25.0 Å². The van der Waals surface area contributed by atoms with Crippen molar-refractivity contribution in [1.82, 2.24) is 9.88 Å². The molecule has 1 aliphatic heterocycles. The number of anilines is 1. The van der Waals surface area contributed by atoms with Gasteiger partial charge in [-0.25, -0.2) is 0 Å². The summed E-state index contributed by atoms with van der Waals surface area (Å²) >= 11 is 0. The lowest BCUT2D eigenvalue weighted by Crippen LogP contribution is -2.24. The summed E-state index contributed by atoms with van der Waals surface area (Å²) in [5, 5.41) is 3.00. The summed E-state index contributed by atoms with van der Waals surface area (Å²) in [5.74, 6) is 0.0175. The highest BCUT2D eigenvalue weighted by molar-refractivity contribution is 6.35. The van der Waals surface area contributed by atoms with Gasteiger partial charge in [-0.05, 0) is 92.0 Å². The highest BCUT2D eigenvalue weighted by Gasteiger charge is 2.26. The standard InChI is InChI=1S/C35H37N3O2/c1-5-38(6-2)19-11-16-33(39)34-23(3)32(36-24(34)4)22-30-29-21-28(17-18-31(29)37-35(30)40)27-15-10-14-26(20-27)25-12-8-7-9-13-25/h7-10,12-15,17-18,20-22,36H,5-6,11,16,19H2,1-4H3,(H,37,40)/b30-22-. The molecule has 5 heteroatoms. The van der Waals surface area contributed by atoms with E-state index in [0.717, 1.165) is 76.5 Å². The molecule has 0 spiro atoms. The Labute approximate surface area is 236 Å². The monoisotopic (exact) mass is 531 g/mol. The number of aromatic amines is 1. The van der Waals surface area contributed by atoms with Crippen LogP contribution in [0.5, 0.6) is 0 Å². The number of fused-ring (bicyclic) bond motifs is 1. The van der Waals surface area contributed by atoms with Crippen LogP contribution in [-0.4, -0.2) is 41.2 Å². The maximum Gasteiger partial charge on any atom is 0.256 e. The first-order chi connectivity index (χ1) is 19.4. The molecule has 2 N–H and O–H groups in total. The molecule has 0 fully saturated rings.